The van der Waals surface area contributed by atoms with Crippen molar-refractivity contribution in [2.75, 3.05) is 5.32 Å². The first kappa shape index (κ1) is 20.5. The highest BCUT2D eigenvalue weighted by molar-refractivity contribution is 6.01. The van der Waals surface area contributed by atoms with Crippen molar-refractivity contribution in [2.24, 2.45) is 12.8 Å². The van der Waals surface area contributed by atoms with Crippen LogP contribution in [0.15, 0.2) is 47.4 Å². The molecule has 0 saturated heterocycles. The number of halogens is 1. The molecule has 0 atom stereocenters. The van der Waals surface area contributed by atoms with Gasteiger partial charge in [0.05, 0.1) is 22.9 Å². The summed E-state index contributed by atoms with van der Waals surface area (Å²) in [6.45, 7) is 1.78. The van der Waals surface area contributed by atoms with Gasteiger partial charge >= 0.3 is 0 Å². The number of nitro benzene ring substituents is 1. The fourth-order valence-electron chi connectivity index (χ4n) is 2.63. The van der Waals surface area contributed by atoms with Crippen LogP contribution in [0, 0.1) is 22.9 Å². The highest BCUT2D eigenvalue weighted by atomic mass is 19.1. The van der Waals surface area contributed by atoms with Crippen LogP contribution in [0.2, 0.25) is 0 Å². The first-order valence-corrected chi connectivity index (χ1v) is 8.52. The van der Waals surface area contributed by atoms with Crippen molar-refractivity contribution < 1.29 is 18.8 Å². The Kier molecular flexibility index (Phi) is 5.45. The molecule has 2 aromatic heterocycles. The van der Waals surface area contributed by atoms with Crippen LogP contribution >= 0.6 is 0 Å². The number of pyridine rings is 2. The summed E-state index contributed by atoms with van der Waals surface area (Å²) in [6.07, 6.45) is 1.40. The van der Waals surface area contributed by atoms with Gasteiger partial charge in [-0.25, -0.2) is 4.39 Å². The standard InChI is InChI=1S/C19H16FN5O5/c1-10-3-5-12(9-22-10)30-15-8-16(26)24(2)19(17(15)18(21)27)23-14-6-4-11(25(28)29)7-13(14)20/h3-9,23H,1-2H3,(H2,21,27). The van der Waals surface area contributed by atoms with E-state index in [1.54, 1.807) is 19.1 Å². The van der Waals surface area contributed by atoms with Crippen molar-refractivity contribution >= 4 is 23.1 Å². The van der Waals surface area contributed by atoms with Crippen molar-refractivity contribution in [3.05, 3.63) is 80.1 Å². The quantitative estimate of drug-likeness (QED) is 0.467. The zero-order valence-corrected chi connectivity index (χ0v) is 15.9. The molecule has 2 heterocycles. The summed E-state index contributed by atoms with van der Waals surface area (Å²) in [5.74, 6) is -1.94. The Morgan fingerprint density at radius 2 is 2.03 bits per heavy atom. The monoisotopic (exact) mass is 413 g/mol. The van der Waals surface area contributed by atoms with Crippen LogP contribution < -0.4 is 21.3 Å². The van der Waals surface area contributed by atoms with Crippen LogP contribution in [0.3, 0.4) is 0 Å². The van der Waals surface area contributed by atoms with Crippen LogP contribution in [0.4, 0.5) is 21.6 Å². The predicted molar refractivity (Wildman–Crippen MR) is 106 cm³/mol. The van der Waals surface area contributed by atoms with Gasteiger partial charge < -0.3 is 15.8 Å². The van der Waals surface area contributed by atoms with E-state index in [4.69, 9.17) is 10.5 Å². The molecule has 0 aliphatic heterocycles. The zero-order valence-electron chi connectivity index (χ0n) is 15.9. The summed E-state index contributed by atoms with van der Waals surface area (Å²) >= 11 is 0. The summed E-state index contributed by atoms with van der Waals surface area (Å²) in [6, 6.07) is 7.23. The third-order valence-corrected chi connectivity index (χ3v) is 4.18. The van der Waals surface area contributed by atoms with E-state index >= 15 is 0 Å². The smallest absolute Gasteiger partial charge is 0.272 e. The summed E-state index contributed by atoms with van der Waals surface area (Å²) in [5.41, 5.74) is 4.79. The number of ether oxygens (including phenoxy) is 1. The molecular formula is C19H16FN5O5. The number of nitrogens with zero attached hydrogens (tertiary/aromatic N) is 3. The van der Waals surface area contributed by atoms with E-state index in [1.165, 1.54) is 13.2 Å². The number of benzene rings is 1. The lowest BCUT2D eigenvalue weighted by atomic mass is 10.2. The fraction of sp³-hybridized carbons (Fsp3) is 0.105. The molecule has 3 N–H and O–H groups in total. The Bertz CT molecular complexity index is 1210. The van der Waals surface area contributed by atoms with Gasteiger partial charge in [0.1, 0.15) is 22.9 Å². The number of carbonyl (C=O) groups excluding carboxylic acids is 1. The Morgan fingerprint density at radius 1 is 1.30 bits per heavy atom. The topological polar surface area (TPSA) is 142 Å². The summed E-state index contributed by atoms with van der Waals surface area (Å²) in [5, 5.41) is 13.4. The second-order valence-electron chi connectivity index (χ2n) is 6.28. The number of aryl methyl sites for hydroxylation is 1. The Hall–Kier alpha value is -4.28. The van der Waals surface area contributed by atoms with E-state index in [-0.39, 0.29) is 28.6 Å². The predicted octanol–water partition coefficient (Wildman–Crippen LogP) is 2.77. The molecule has 0 bridgehead atoms. The first-order chi connectivity index (χ1) is 14.2. The third kappa shape index (κ3) is 4.09. The number of nitrogens with one attached hydrogen (secondary N) is 1. The van der Waals surface area contributed by atoms with Gasteiger partial charge in [0.2, 0.25) is 0 Å². The normalized spacial score (nSPS) is 10.5. The van der Waals surface area contributed by atoms with Crippen molar-refractivity contribution in [3.63, 3.8) is 0 Å². The SMILES string of the molecule is Cc1ccc(Oc2cc(=O)n(C)c(Nc3ccc([N+](=O)[O-])cc3F)c2C(N)=O)cn1. The van der Waals surface area contributed by atoms with Gasteiger partial charge in [-0.1, -0.05) is 0 Å². The summed E-state index contributed by atoms with van der Waals surface area (Å²) < 4.78 is 21.0. The largest absolute Gasteiger partial charge is 0.455 e. The number of carbonyl (C=O) groups is 1. The molecule has 0 fully saturated rings. The maximum Gasteiger partial charge on any atom is 0.272 e. The number of anilines is 2. The van der Waals surface area contributed by atoms with Crippen molar-refractivity contribution in [1.29, 1.82) is 0 Å². The van der Waals surface area contributed by atoms with Gasteiger partial charge in [-0.15, -0.1) is 0 Å². The number of nitrogens with two attached hydrogens (primary N) is 1. The minimum atomic E-state index is -0.957. The van der Waals surface area contributed by atoms with Gasteiger partial charge in [0.25, 0.3) is 17.2 Å². The van der Waals surface area contributed by atoms with Crippen molar-refractivity contribution in [2.45, 2.75) is 6.92 Å². The number of nitro groups is 1. The molecule has 10 nitrogen and oxygen atoms in total. The molecule has 0 unspecified atom stereocenters. The Balaban J connectivity index is 2.10. The van der Waals surface area contributed by atoms with Gasteiger partial charge in [-0.2, -0.15) is 0 Å². The molecule has 0 aliphatic rings. The highest BCUT2D eigenvalue weighted by Crippen LogP contribution is 2.31. The molecule has 3 aromatic rings. The van der Waals surface area contributed by atoms with Crippen LogP contribution in [0.5, 0.6) is 11.5 Å². The molecule has 3 rings (SSSR count). The molecule has 30 heavy (non-hydrogen) atoms. The molecule has 11 heteroatoms. The summed E-state index contributed by atoms with van der Waals surface area (Å²) in [7, 11) is 1.34. The second-order valence-corrected chi connectivity index (χ2v) is 6.28. The van der Waals surface area contributed by atoms with E-state index in [1.807, 2.05) is 0 Å². The Morgan fingerprint density at radius 3 is 2.60 bits per heavy atom. The first-order valence-electron chi connectivity index (χ1n) is 8.52. The van der Waals surface area contributed by atoms with Crippen LogP contribution in [-0.2, 0) is 7.05 Å². The fourth-order valence-corrected chi connectivity index (χ4v) is 2.63. The molecule has 0 aliphatic carbocycles. The molecule has 154 valence electrons. The maximum atomic E-state index is 14.3. The van der Waals surface area contributed by atoms with Gasteiger partial charge in [-0.3, -0.25) is 29.3 Å². The molecule has 1 aromatic carbocycles. The number of non-ortho nitro benzene ring substituents is 1. The van der Waals surface area contributed by atoms with Gasteiger partial charge in [0, 0.05) is 24.9 Å². The average molecular weight is 413 g/mol. The minimum Gasteiger partial charge on any atom is -0.455 e. The third-order valence-electron chi connectivity index (χ3n) is 4.18. The lowest BCUT2D eigenvalue weighted by Crippen LogP contribution is -2.25. The van der Waals surface area contributed by atoms with E-state index in [9.17, 15) is 24.1 Å². The van der Waals surface area contributed by atoms with Crippen molar-refractivity contribution in [3.8, 4) is 11.5 Å². The number of primary amides is 1. The maximum absolute atomic E-state index is 14.3. The van der Waals surface area contributed by atoms with Crippen LogP contribution in [0.25, 0.3) is 0 Å². The van der Waals surface area contributed by atoms with E-state index in [0.717, 1.165) is 28.5 Å². The van der Waals surface area contributed by atoms with Crippen LogP contribution in [0.1, 0.15) is 16.1 Å². The molecule has 0 saturated carbocycles. The highest BCUT2D eigenvalue weighted by Gasteiger charge is 2.22. The zero-order chi connectivity index (χ0) is 22.0. The van der Waals surface area contributed by atoms with Gasteiger partial charge in [-0.05, 0) is 25.1 Å². The number of rotatable bonds is 6. The number of amides is 1. The molecule has 1 amide bonds. The van der Waals surface area contributed by atoms with E-state index in [0.29, 0.717) is 6.07 Å². The van der Waals surface area contributed by atoms with E-state index < -0.39 is 27.9 Å². The van der Waals surface area contributed by atoms with Crippen molar-refractivity contribution in [1.82, 2.24) is 9.55 Å². The minimum absolute atomic E-state index is 0.141. The number of aromatic nitrogens is 2. The molecule has 0 spiro atoms. The summed E-state index contributed by atoms with van der Waals surface area (Å²) in [4.78, 5) is 38.7. The molecular weight excluding hydrogens is 397 g/mol. The second kappa shape index (κ2) is 7.99. The van der Waals surface area contributed by atoms with Gasteiger partial charge in [0.15, 0.2) is 5.82 Å². The Labute approximate surface area is 168 Å². The number of hydrogen-bond acceptors (Lipinski definition) is 7. The van der Waals surface area contributed by atoms with E-state index in [2.05, 4.69) is 10.3 Å². The number of hydrogen-bond donors (Lipinski definition) is 2. The molecule has 0 radical (unpaired) electrons. The lowest BCUT2D eigenvalue weighted by molar-refractivity contribution is -0.385. The average Bonchev–Trinajstić information content (AvgIpc) is 2.68. The van der Waals surface area contributed by atoms with Crippen LogP contribution in [-0.4, -0.2) is 20.4 Å². The lowest BCUT2D eigenvalue weighted by Gasteiger charge is -2.18.